The van der Waals surface area contributed by atoms with E-state index in [1.807, 2.05) is 19.9 Å². The fourth-order valence-corrected chi connectivity index (χ4v) is 4.10. The lowest BCUT2D eigenvalue weighted by molar-refractivity contribution is -0.0495. The number of hydrogen-bond donors (Lipinski definition) is 1. The molecule has 0 radical (unpaired) electrons. The first-order chi connectivity index (χ1) is 18.6. The van der Waals surface area contributed by atoms with Crippen molar-refractivity contribution in [2.45, 2.75) is 39.6 Å². The molecule has 0 aliphatic carbocycles. The first kappa shape index (κ1) is 27.9. The Morgan fingerprint density at radius 1 is 1.13 bits per heavy atom. The summed E-state index contributed by atoms with van der Waals surface area (Å²) in [6, 6.07) is 8.61. The number of halogens is 3. The van der Waals surface area contributed by atoms with Crippen molar-refractivity contribution in [3.05, 3.63) is 77.1 Å². The fourth-order valence-electron chi connectivity index (χ4n) is 3.51. The minimum Gasteiger partial charge on any atom is -0.462 e. The van der Waals surface area contributed by atoms with E-state index in [0.29, 0.717) is 11.4 Å². The highest BCUT2D eigenvalue weighted by Gasteiger charge is 2.23. The number of nitrogens with zero attached hydrogens (tertiary/aromatic N) is 4. The lowest BCUT2D eigenvalue weighted by Crippen LogP contribution is -2.19. The smallest absolute Gasteiger partial charge is 0.387 e. The largest absolute Gasteiger partial charge is 0.462 e. The molecule has 0 bridgehead atoms. The molecule has 0 fully saturated rings. The van der Waals surface area contributed by atoms with Crippen molar-refractivity contribution in [1.29, 1.82) is 0 Å². The third-order valence-electron chi connectivity index (χ3n) is 5.75. The number of rotatable bonds is 10. The second-order valence-electron chi connectivity index (χ2n) is 8.73. The van der Waals surface area contributed by atoms with Gasteiger partial charge in [0.1, 0.15) is 18.2 Å². The minimum atomic E-state index is -3.18. The Labute approximate surface area is 226 Å². The van der Waals surface area contributed by atoms with Gasteiger partial charge in [-0.05, 0) is 56.4 Å². The van der Waals surface area contributed by atoms with Gasteiger partial charge in [-0.1, -0.05) is 17.2 Å². The number of amides is 1. The molecule has 3 heterocycles. The number of anilines is 1. The predicted octanol–water partition coefficient (Wildman–Crippen LogP) is 5.76. The Hall–Kier alpha value is -4.10. The molecule has 1 N–H and O–H groups in total. The Kier molecular flexibility index (Phi) is 8.41. The highest BCUT2D eigenvalue weighted by molar-refractivity contribution is 7.17. The summed E-state index contributed by atoms with van der Waals surface area (Å²) in [5.74, 6) is -1.96. The van der Waals surface area contributed by atoms with Crippen molar-refractivity contribution in [3.8, 4) is 22.1 Å². The van der Waals surface area contributed by atoms with Crippen LogP contribution in [-0.4, -0.2) is 39.8 Å². The van der Waals surface area contributed by atoms with Crippen molar-refractivity contribution in [1.82, 2.24) is 20.2 Å². The van der Waals surface area contributed by atoms with Crippen LogP contribution in [-0.2, 0) is 16.9 Å². The predicted molar refractivity (Wildman–Crippen MR) is 137 cm³/mol. The molecular formula is C26H24F3N5O4S. The minimum absolute atomic E-state index is 0.0286. The Balaban J connectivity index is 1.49. The number of benzene rings is 1. The van der Waals surface area contributed by atoms with E-state index in [9.17, 15) is 18.0 Å². The molecule has 0 spiro atoms. The summed E-state index contributed by atoms with van der Waals surface area (Å²) in [6.07, 6.45) is 2.92. The maximum atomic E-state index is 14.8. The van der Waals surface area contributed by atoms with E-state index in [2.05, 4.69) is 30.2 Å². The van der Waals surface area contributed by atoms with Crippen LogP contribution in [0.2, 0.25) is 0 Å². The van der Waals surface area contributed by atoms with Gasteiger partial charge < -0.3 is 14.2 Å². The standard InChI is InChI=1S/C26H24F3N5O4S/c1-14-10-17(21-19(27)6-5-7-20(21)38-23(28)29)18(12-30-14)22(35)32-24-33-34-25(39-24)37-13-16-9-8-15(11-31-16)26(2,3)36-4/h5-12,23H,13H2,1-4H3,(H,32,33,35). The second-order valence-corrected chi connectivity index (χ2v) is 9.67. The molecule has 0 unspecified atom stereocenters. The Morgan fingerprint density at radius 3 is 2.62 bits per heavy atom. The van der Waals surface area contributed by atoms with Crippen LogP contribution in [0, 0.1) is 12.7 Å². The molecule has 13 heteroatoms. The summed E-state index contributed by atoms with van der Waals surface area (Å²) >= 11 is 0.963. The van der Waals surface area contributed by atoms with Gasteiger partial charge in [0.2, 0.25) is 5.13 Å². The highest BCUT2D eigenvalue weighted by Crippen LogP contribution is 2.36. The Bertz CT molecular complexity index is 1460. The van der Waals surface area contributed by atoms with Crippen LogP contribution in [0.3, 0.4) is 0 Å². The van der Waals surface area contributed by atoms with Gasteiger partial charge in [0.25, 0.3) is 11.1 Å². The van der Waals surface area contributed by atoms with E-state index < -0.39 is 29.7 Å². The lowest BCUT2D eigenvalue weighted by atomic mass is 9.98. The van der Waals surface area contributed by atoms with Crippen LogP contribution in [0.4, 0.5) is 18.3 Å². The van der Waals surface area contributed by atoms with Crippen LogP contribution in [0.15, 0.2) is 48.8 Å². The number of ether oxygens (including phenoxy) is 3. The molecule has 204 valence electrons. The maximum Gasteiger partial charge on any atom is 0.387 e. The van der Waals surface area contributed by atoms with Gasteiger partial charge in [-0.15, -0.1) is 5.10 Å². The summed E-state index contributed by atoms with van der Waals surface area (Å²) in [5, 5.41) is 10.7. The van der Waals surface area contributed by atoms with Gasteiger partial charge in [-0.3, -0.25) is 20.1 Å². The van der Waals surface area contributed by atoms with Crippen molar-refractivity contribution >= 4 is 22.4 Å². The lowest BCUT2D eigenvalue weighted by Gasteiger charge is -2.23. The number of methoxy groups -OCH3 is 1. The average Bonchev–Trinajstić information content (AvgIpc) is 3.34. The SMILES string of the molecule is COC(C)(C)c1ccc(COc2nnc(NC(=O)c3cnc(C)cc3-c3c(F)cccc3OC(F)F)s2)nc1. The first-order valence-electron chi connectivity index (χ1n) is 11.6. The van der Waals surface area contributed by atoms with Crippen molar-refractivity contribution < 1.29 is 32.2 Å². The van der Waals surface area contributed by atoms with E-state index >= 15 is 0 Å². The van der Waals surface area contributed by atoms with Crippen LogP contribution >= 0.6 is 11.3 Å². The Morgan fingerprint density at radius 2 is 1.92 bits per heavy atom. The molecule has 0 saturated carbocycles. The molecule has 1 aromatic carbocycles. The highest BCUT2D eigenvalue weighted by atomic mass is 32.1. The molecule has 9 nitrogen and oxygen atoms in total. The number of hydrogen-bond acceptors (Lipinski definition) is 9. The zero-order chi connectivity index (χ0) is 28.2. The zero-order valence-electron chi connectivity index (χ0n) is 21.4. The monoisotopic (exact) mass is 559 g/mol. The topological polar surface area (TPSA) is 108 Å². The van der Waals surface area contributed by atoms with Crippen LogP contribution < -0.4 is 14.8 Å². The molecule has 0 aliphatic rings. The van der Waals surface area contributed by atoms with Gasteiger partial charge in [0.05, 0.1) is 22.4 Å². The van der Waals surface area contributed by atoms with E-state index in [1.54, 1.807) is 26.3 Å². The van der Waals surface area contributed by atoms with Gasteiger partial charge in [-0.25, -0.2) is 4.39 Å². The number of carbonyl (C=O) groups is 1. The molecule has 0 saturated heterocycles. The number of alkyl halides is 2. The van der Waals surface area contributed by atoms with Crippen LogP contribution in [0.1, 0.15) is 41.2 Å². The average molecular weight is 560 g/mol. The van der Waals surface area contributed by atoms with Gasteiger partial charge in [0.15, 0.2) is 0 Å². The van der Waals surface area contributed by atoms with E-state index in [4.69, 9.17) is 9.47 Å². The summed E-state index contributed by atoms with van der Waals surface area (Å²) in [7, 11) is 1.62. The fraction of sp³-hybridized carbons (Fsp3) is 0.269. The van der Waals surface area contributed by atoms with Gasteiger partial charge in [-0.2, -0.15) is 8.78 Å². The number of carbonyl (C=O) groups excluding carboxylic acids is 1. The van der Waals surface area contributed by atoms with Crippen molar-refractivity contribution in [3.63, 3.8) is 0 Å². The van der Waals surface area contributed by atoms with Crippen LogP contribution in [0.5, 0.6) is 10.9 Å². The van der Waals surface area contributed by atoms with Crippen molar-refractivity contribution in [2.75, 3.05) is 12.4 Å². The van der Waals surface area contributed by atoms with E-state index in [1.165, 1.54) is 24.4 Å². The summed E-state index contributed by atoms with van der Waals surface area (Å²) in [5.41, 5.74) is 1.17. The first-order valence-corrected chi connectivity index (χ1v) is 12.4. The number of nitrogens with one attached hydrogen (secondary N) is 1. The van der Waals surface area contributed by atoms with Crippen LogP contribution in [0.25, 0.3) is 11.1 Å². The number of aromatic nitrogens is 4. The normalized spacial score (nSPS) is 11.5. The summed E-state index contributed by atoms with van der Waals surface area (Å²) in [6.45, 7) is 2.41. The van der Waals surface area contributed by atoms with E-state index in [-0.39, 0.29) is 33.6 Å². The molecule has 0 atom stereocenters. The summed E-state index contributed by atoms with van der Waals surface area (Å²) in [4.78, 5) is 21.6. The quantitative estimate of drug-likeness (QED) is 0.261. The number of pyridine rings is 2. The van der Waals surface area contributed by atoms with Crippen molar-refractivity contribution in [2.24, 2.45) is 0 Å². The molecule has 4 rings (SSSR count). The third kappa shape index (κ3) is 6.67. The molecule has 1 amide bonds. The summed E-state index contributed by atoms with van der Waals surface area (Å²) < 4.78 is 56.3. The van der Waals surface area contributed by atoms with E-state index in [0.717, 1.165) is 23.0 Å². The zero-order valence-corrected chi connectivity index (χ0v) is 22.2. The molecule has 0 aliphatic heterocycles. The van der Waals surface area contributed by atoms with Gasteiger partial charge >= 0.3 is 6.61 Å². The molecular weight excluding hydrogens is 535 g/mol. The van der Waals surface area contributed by atoms with Gasteiger partial charge in [0, 0.05) is 36.3 Å². The number of aryl methyl sites for hydroxylation is 1. The maximum absolute atomic E-state index is 14.8. The molecule has 39 heavy (non-hydrogen) atoms. The second kappa shape index (κ2) is 11.7. The molecule has 4 aromatic rings. The molecule has 3 aromatic heterocycles. The third-order valence-corrected chi connectivity index (χ3v) is 6.50.